The van der Waals surface area contributed by atoms with Crippen LogP contribution in [0.3, 0.4) is 0 Å². The largest absolute Gasteiger partial charge is 0.433 e. The van der Waals surface area contributed by atoms with E-state index in [2.05, 4.69) is 20.4 Å². The second-order valence-electron chi connectivity index (χ2n) is 6.91. The zero-order chi connectivity index (χ0) is 20.9. The van der Waals surface area contributed by atoms with Gasteiger partial charge in [-0.15, -0.1) is 0 Å². The zero-order valence-corrected chi connectivity index (χ0v) is 15.7. The Bertz CT molecular complexity index is 1240. The first-order valence-electron chi connectivity index (χ1n) is 8.76. The lowest BCUT2D eigenvalue weighted by Gasteiger charge is -2.07. The van der Waals surface area contributed by atoms with Gasteiger partial charge in [0.1, 0.15) is 0 Å². The molecule has 0 saturated carbocycles. The van der Waals surface area contributed by atoms with Gasteiger partial charge < -0.3 is 9.73 Å². The number of anilines is 1. The number of furan rings is 1. The summed E-state index contributed by atoms with van der Waals surface area (Å²) >= 11 is 0. The topological polar surface area (TPSA) is 85.8 Å². The molecular weight excluding hydrogens is 387 g/mol. The van der Waals surface area contributed by atoms with Crippen LogP contribution in [0, 0.1) is 6.92 Å². The Morgan fingerprint density at radius 1 is 1.21 bits per heavy atom. The minimum absolute atomic E-state index is 0.120. The van der Waals surface area contributed by atoms with Crippen molar-refractivity contribution in [1.82, 2.24) is 19.7 Å². The number of rotatable bonds is 3. The van der Waals surface area contributed by atoms with Crippen LogP contribution in [0.2, 0.25) is 0 Å². The fourth-order valence-corrected chi connectivity index (χ4v) is 3.06. The molecular formula is C19H16F3N5O2. The fraction of sp³-hybridized carbons (Fsp3) is 0.263. The molecule has 1 N–H and O–H groups in total. The molecule has 0 saturated heterocycles. The summed E-state index contributed by atoms with van der Waals surface area (Å²) in [5, 5.41) is 7.29. The SMILES string of the molecule is Cc1cc(C(F)(F)F)c2cc(C(=O)Nc3cnc4c(cnn4C(C)C)c3)oc2n1. The molecule has 150 valence electrons. The number of nitrogens with zero attached hydrogens (tertiary/aromatic N) is 4. The highest BCUT2D eigenvalue weighted by Crippen LogP contribution is 2.36. The molecule has 0 aliphatic heterocycles. The second kappa shape index (κ2) is 6.57. The molecule has 10 heteroatoms. The molecule has 29 heavy (non-hydrogen) atoms. The van der Waals surface area contributed by atoms with Gasteiger partial charge >= 0.3 is 6.18 Å². The summed E-state index contributed by atoms with van der Waals surface area (Å²) < 4.78 is 46.9. The molecule has 0 spiro atoms. The molecule has 0 radical (unpaired) electrons. The molecule has 0 atom stereocenters. The molecule has 4 aromatic heterocycles. The predicted octanol–water partition coefficient (Wildman–Crippen LogP) is 4.73. The molecule has 0 unspecified atom stereocenters. The number of fused-ring (bicyclic) bond motifs is 2. The van der Waals surface area contributed by atoms with Crippen molar-refractivity contribution in [2.24, 2.45) is 0 Å². The minimum atomic E-state index is -4.59. The van der Waals surface area contributed by atoms with Gasteiger partial charge in [0, 0.05) is 17.1 Å². The Hall–Kier alpha value is -3.43. The standard InChI is InChI=1S/C19H16F3N5O2/c1-9(2)27-16-11(7-24-27)5-12(8-23-16)26-17(28)15-6-13-14(19(20,21)22)4-10(3)25-18(13)29-15/h4-9H,1-3H3,(H,26,28). The fourth-order valence-electron chi connectivity index (χ4n) is 3.06. The summed E-state index contributed by atoms with van der Waals surface area (Å²) in [6.45, 7) is 5.36. The van der Waals surface area contributed by atoms with Crippen LogP contribution in [0.15, 0.2) is 35.0 Å². The Labute approximate surface area is 162 Å². The first-order valence-corrected chi connectivity index (χ1v) is 8.76. The lowest BCUT2D eigenvalue weighted by atomic mass is 10.1. The van der Waals surface area contributed by atoms with Gasteiger partial charge in [0.2, 0.25) is 5.71 Å². The van der Waals surface area contributed by atoms with E-state index in [1.54, 1.807) is 16.9 Å². The molecule has 4 rings (SSSR count). The first-order chi connectivity index (χ1) is 13.6. The van der Waals surface area contributed by atoms with E-state index in [9.17, 15) is 18.0 Å². The summed E-state index contributed by atoms with van der Waals surface area (Å²) in [5.41, 5.74) is 0.0341. The predicted molar refractivity (Wildman–Crippen MR) is 99.6 cm³/mol. The van der Waals surface area contributed by atoms with Crippen LogP contribution in [-0.2, 0) is 6.18 Å². The van der Waals surface area contributed by atoms with Crippen molar-refractivity contribution in [2.45, 2.75) is 33.0 Å². The maximum Gasteiger partial charge on any atom is 0.417 e. The summed E-state index contributed by atoms with van der Waals surface area (Å²) in [6, 6.07) is 3.76. The van der Waals surface area contributed by atoms with E-state index in [1.807, 2.05) is 13.8 Å². The summed E-state index contributed by atoms with van der Waals surface area (Å²) in [6.07, 6.45) is -1.51. The van der Waals surface area contributed by atoms with Crippen LogP contribution < -0.4 is 5.32 Å². The zero-order valence-electron chi connectivity index (χ0n) is 15.7. The van der Waals surface area contributed by atoms with Gasteiger partial charge in [-0.25, -0.2) is 14.6 Å². The third-order valence-electron chi connectivity index (χ3n) is 4.34. The van der Waals surface area contributed by atoms with E-state index in [-0.39, 0.29) is 28.6 Å². The van der Waals surface area contributed by atoms with Gasteiger partial charge in [-0.1, -0.05) is 0 Å². The molecule has 0 bridgehead atoms. The number of aryl methyl sites for hydroxylation is 1. The van der Waals surface area contributed by atoms with Crippen LogP contribution in [0.4, 0.5) is 18.9 Å². The molecule has 7 nitrogen and oxygen atoms in total. The highest BCUT2D eigenvalue weighted by atomic mass is 19.4. The molecule has 0 fully saturated rings. The number of hydrogen-bond donors (Lipinski definition) is 1. The highest BCUT2D eigenvalue weighted by Gasteiger charge is 2.34. The van der Waals surface area contributed by atoms with E-state index < -0.39 is 17.6 Å². The minimum Gasteiger partial charge on any atom is -0.433 e. The molecule has 0 aliphatic carbocycles. The van der Waals surface area contributed by atoms with E-state index >= 15 is 0 Å². The average molecular weight is 403 g/mol. The summed E-state index contributed by atoms with van der Waals surface area (Å²) in [5.74, 6) is -0.979. The molecule has 0 aliphatic rings. The van der Waals surface area contributed by atoms with Crippen molar-refractivity contribution in [3.05, 3.63) is 47.6 Å². The summed E-state index contributed by atoms with van der Waals surface area (Å²) in [4.78, 5) is 20.8. The smallest absolute Gasteiger partial charge is 0.417 e. The van der Waals surface area contributed by atoms with Crippen molar-refractivity contribution in [3.63, 3.8) is 0 Å². The Morgan fingerprint density at radius 2 is 1.97 bits per heavy atom. The molecule has 4 heterocycles. The maximum absolute atomic E-state index is 13.3. The van der Waals surface area contributed by atoms with Crippen molar-refractivity contribution < 1.29 is 22.4 Å². The lowest BCUT2D eigenvalue weighted by molar-refractivity contribution is -0.136. The average Bonchev–Trinajstić information content (AvgIpc) is 3.23. The van der Waals surface area contributed by atoms with Crippen LogP contribution in [0.5, 0.6) is 0 Å². The van der Waals surface area contributed by atoms with Crippen LogP contribution in [0.25, 0.3) is 22.1 Å². The van der Waals surface area contributed by atoms with Crippen molar-refractivity contribution in [3.8, 4) is 0 Å². The number of amides is 1. The quantitative estimate of drug-likeness (QED) is 0.534. The number of carbonyl (C=O) groups excluding carboxylic acids is 1. The van der Waals surface area contributed by atoms with Gasteiger partial charge in [-0.05, 0) is 39.0 Å². The second-order valence-corrected chi connectivity index (χ2v) is 6.91. The molecule has 4 aromatic rings. The van der Waals surface area contributed by atoms with Crippen LogP contribution >= 0.6 is 0 Å². The highest BCUT2D eigenvalue weighted by molar-refractivity contribution is 6.05. The van der Waals surface area contributed by atoms with E-state index in [0.29, 0.717) is 11.3 Å². The Kier molecular flexibility index (Phi) is 4.29. The van der Waals surface area contributed by atoms with Gasteiger partial charge in [0.25, 0.3) is 5.91 Å². The number of halogens is 3. The summed E-state index contributed by atoms with van der Waals surface area (Å²) in [7, 11) is 0. The normalized spacial score (nSPS) is 12.2. The van der Waals surface area contributed by atoms with Gasteiger partial charge in [-0.2, -0.15) is 18.3 Å². The third-order valence-corrected chi connectivity index (χ3v) is 4.34. The third kappa shape index (κ3) is 3.41. The Morgan fingerprint density at radius 3 is 2.66 bits per heavy atom. The maximum atomic E-state index is 13.3. The number of aromatic nitrogens is 4. The number of nitrogens with one attached hydrogen (secondary N) is 1. The van der Waals surface area contributed by atoms with E-state index in [4.69, 9.17) is 4.42 Å². The number of carbonyl (C=O) groups is 1. The van der Waals surface area contributed by atoms with Gasteiger partial charge in [-0.3, -0.25) is 4.79 Å². The van der Waals surface area contributed by atoms with Crippen molar-refractivity contribution >= 4 is 33.7 Å². The molecule has 0 aromatic carbocycles. The lowest BCUT2D eigenvalue weighted by Crippen LogP contribution is -2.11. The number of pyridine rings is 2. The van der Waals surface area contributed by atoms with Crippen LogP contribution in [-0.4, -0.2) is 25.7 Å². The number of hydrogen-bond acceptors (Lipinski definition) is 5. The Balaban J connectivity index is 1.66. The van der Waals surface area contributed by atoms with E-state index in [0.717, 1.165) is 17.5 Å². The van der Waals surface area contributed by atoms with Crippen LogP contribution in [0.1, 0.15) is 41.7 Å². The molecule has 1 amide bonds. The van der Waals surface area contributed by atoms with Gasteiger partial charge in [0.15, 0.2) is 11.4 Å². The first kappa shape index (κ1) is 18.9. The van der Waals surface area contributed by atoms with Gasteiger partial charge in [0.05, 0.1) is 29.0 Å². The number of alkyl halides is 3. The van der Waals surface area contributed by atoms with E-state index in [1.165, 1.54) is 13.1 Å². The van der Waals surface area contributed by atoms with Crippen molar-refractivity contribution in [1.29, 1.82) is 0 Å². The monoisotopic (exact) mass is 403 g/mol. The van der Waals surface area contributed by atoms with Crippen molar-refractivity contribution in [2.75, 3.05) is 5.32 Å².